The molecule has 0 aromatic carbocycles. The number of rotatable bonds is 11. The molecule has 0 spiro atoms. The van der Waals surface area contributed by atoms with Crippen LogP contribution >= 0.6 is 11.8 Å². The van der Waals surface area contributed by atoms with Crippen LogP contribution in [0.2, 0.25) is 0 Å². The fourth-order valence-electron chi connectivity index (χ4n) is 2.24. The zero-order valence-corrected chi connectivity index (χ0v) is 14.8. The van der Waals surface area contributed by atoms with Gasteiger partial charge >= 0.3 is 5.97 Å². The molecule has 130 valence electrons. The van der Waals surface area contributed by atoms with Crippen LogP contribution in [0, 0.1) is 0 Å². The van der Waals surface area contributed by atoms with Gasteiger partial charge < -0.3 is 10.4 Å². The van der Waals surface area contributed by atoms with Gasteiger partial charge in [0, 0.05) is 5.71 Å². The van der Waals surface area contributed by atoms with Gasteiger partial charge in [-0.2, -0.15) is 5.10 Å². The lowest BCUT2D eigenvalue weighted by Gasteiger charge is -2.04. The second-order valence-corrected chi connectivity index (χ2v) is 6.87. The third kappa shape index (κ3) is 8.16. The summed E-state index contributed by atoms with van der Waals surface area (Å²) >= 11 is 1.15. The highest BCUT2D eigenvalue weighted by molar-refractivity contribution is 8.15. The van der Waals surface area contributed by atoms with E-state index in [4.69, 9.17) is 5.11 Å². The molecule has 1 heterocycles. The Hall–Kier alpha value is -1.37. The van der Waals surface area contributed by atoms with Gasteiger partial charge in [-0.25, -0.2) is 0 Å². The molecule has 2 N–H and O–H groups in total. The van der Waals surface area contributed by atoms with Gasteiger partial charge in [0.25, 0.3) is 0 Å². The first-order valence-corrected chi connectivity index (χ1v) is 9.27. The van der Waals surface area contributed by atoms with Crippen molar-refractivity contribution < 1.29 is 14.7 Å². The second kappa shape index (κ2) is 11.2. The molecule has 0 radical (unpaired) electrons. The average Bonchev–Trinajstić information content (AvgIpc) is 2.84. The summed E-state index contributed by atoms with van der Waals surface area (Å²) in [4.78, 5) is 22.4. The summed E-state index contributed by atoms with van der Waals surface area (Å²) in [5, 5.41) is 19.6. The Balaban J connectivity index is 2.62. The van der Waals surface area contributed by atoms with Crippen LogP contribution in [-0.4, -0.2) is 33.1 Å². The number of thioether (sulfide) groups is 1. The van der Waals surface area contributed by atoms with Crippen LogP contribution in [0.1, 0.15) is 71.6 Å². The number of aliphatic carboxylic acids is 1. The van der Waals surface area contributed by atoms with E-state index >= 15 is 0 Å². The number of nitrogens with one attached hydrogen (secondary N) is 1. The number of unbranched alkanes of at least 4 members (excludes halogenated alkanes) is 4. The SMILES string of the molecule is CCCCCC(CCCCC)=N/N=C1/NC(=O)[C@H](CC(=O)O)S1. The first-order valence-electron chi connectivity index (χ1n) is 8.39. The van der Waals surface area contributed by atoms with Crippen molar-refractivity contribution in [3.05, 3.63) is 0 Å². The molecule has 1 saturated heterocycles. The van der Waals surface area contributed by atoms with Crippen molar-refractivity contribution in [1.82, 2.24) is 5.32 Å². The van der Waals surface area contributed by atoms with Crippen molar-refractivity contribution in [2.24, 2.45) is 10.2 Å². The molecule has 1 atom stereocenters. The molecule has 0 saturated carbocycles. The van der Waals surface area contributed by atoms with Gasteiger partial charge in [-0.3, -0.25) is 9.59 Å². The van der Waals surface area contributed by atoms with Crippen LogP contribution in [0.4, 0.5) is 0 Å². The summed E-state index contributed by atoms with van der Waals surface area (Å²) in [6.45, 7) is 4.34. The normalized spacial score (nSPS) is 19.0. The second-order valence-electron chi connectivity index (χ2n) is 5.68. The topological polar surface area (TPSA) is 91.1 Å². The summed E-state index contributed by atoms with van der Waals surface area (Å²) in [6, 6.07) is 0. The Morgan fingerprint density at radius 1 is 1.17 bits per heavy atom. The molecule has 1 aliphatic heterocycles. The molecule has 0 unspecified atom stereocenters. The molecular formula is C16H27N3O3S. The van der Waals surface area contributed by atoms with Crippen molar-refractivity contribution in [3.63, 3.8) is 0 Å². The van der Waals surface area contributed by atoms with E-state index in [1.165, 1.54) is 25.7 Å². The van der Waals surface area contributed by atoms with Crippen LogP contribution in [0.25, 0.3) is 0 Å². The average molecular weight is 341 g/mol. The number of hydrogen-bond acceptors (Lipinski definition) is 5. The van der Waals surface area contributed by atoms with Crippen molar-refractivity contribution in [3.8, 4) is 0 Å². The zero-order chi connectivity index (χ0) is 17.1. The predicted octanol–water partition coefficient (Wildman–Crippen LogP) is 3.57. The zero-order valence-electron chi connectivity index (χ0n) is 14.0. The molecule has 23 heavy (non-hydrogen) atoms. The number of hydrogen-bond donors (Lipinski definition) is 2. The number of carboxylic acids is 1. The molecule has 0 aliphatic carbocycles. The van der Waals surface area contributed by atoms with E-state index < -0.39 is 11.2 Å². The summed E-state index contributed by atoms with van der Waals surface area (Å²) in [5.74, 6) is -1.29. The summed E-state index contributed by atoms with van der Waals surface area (Å²) in [6.07, 6.45) is 8.57. The molecule has 0 aromatic heterocycles. The monoisotopic (exact) mass is 341 g/mol. The van der Waals surface area contributed by atoms with Crippen molar-refractivity contribution in [1.29, 1.82) is 0 Å². The van der Waals surface area contributed by atoms with Crippen molar-refractivity contribution in [2.45, 2.75) is 76.9 Å². The molecule has 0 bridgehead atoms. The quantitative estimate of drug-likeness (QED) is 0.341. The number of carboxylic acid groups (broad SMARTS) is 1. The Kier molecular flexibility index (Phi) is 9.59. The van der Waals surface area contributed by atoms with E-state index in [0.717, 1.165) is 43.2 Å². The Bertz CT molecular complexity index is 451. The van der Waals surface area contributed by atoms with Crippen LogP contribution in [-0.2, 0) is 9.59 Å². The largest absolute Gasteiger partial charge is 0.481 e. The van der Waals surface area contributed by atoms with Gasteiger partial charge in [0.1, 0.15) is 5.25 Å². The van der Waals surface area contributed by atoms with E-state index in [0.29, 0.717) is 5.17 Å². The molecule has 1 amide bonds. The van der Waals surface area contributed by atoms with Gasteiger partial charge in [0.05, 0.1) is 6.42 Å². The predicted molar refractivity (Wildman–Crippen MR) is 94.9 cm³/mol. The highest BCUT2D eigenvalue weighted by Gasteiger charge is 2.32. The fourth-order valence-corrected chi connectivity index (χ4v) is 3.15. The maximum atomic E-state index is 11.7. The fraction of sp³-hybridized carbons (Fsp3) is 0.750. The highest BCUT2D eigenvalue weighted by atomic mass is 32.2. The lowest BCUT2D eigenvalue weighted by Crippen LogP contribution is -2.26. The molecular weight excluding hydrogens is 314 g/mol. The smallest absolute Gasteiger partial charge is 0.305 e. The third-order valence-electron chi connectivity index (χ3n) is 3.56. The van der Waals surface area contributed by atoms with Gasteiger partial charge in [-0.1, -0.05) is 51.3 Å². The molecule has 1 fully saturated rings. The van der Waals surface area contributed by atoms with Gasteiger partial charge in [-0.05, 0) is 25.7 Å². The molecule has 1 aliphatic rings. The van der Waals surface area contributed by atoms with Gasteiger partial charge in [0.15, 0.2) is 5.17 Å². The van der Waals surface area contributed by atoms with Crippen LogP contribution in [0.15, 0.2) is 10.2 Å². The van der Waals surface area contributed by atoms with Crippen molar-refractivity contribution in [2.75, 3.05) is 0 Å². The van der Waals surface area contributed by atoms with Crippen molar-refractivity contribution >= 4 is 34.5 Å². The number of carbonyl (C=O) groups is 2. The van der Waals surface area contributed by atoms with E-state index in [2.05, 4.69) is 29.4 Å². The van der Waals surface area contributed by atoms with Crippen LogP contribution in [0.3, 0.4) is 0 Å². The Morgan fingerprint density at radius 2 is 1.78 bits per heavy atom. The maximum Gasteiger partial charge on any atom is 0.305 e. The lowest BCUT2D eigenvalue weighted by molar-refractivity contribution is -0.138. The Morgan fingerprint density at radius 3 is 2.30 bits per heavy atom. The number of amides is 1. The molecule has 0 aromatic rings. The van der Waals surface area contributed by atoms with Crippen LogP contribution < -0.4 is 5.32 Å². The number of amidine groups is 1. The first kappa shape index (κ1) is 19.7. The number of nitrogens with zero attached hydrogens (tertiary/aromatic N) is 2. The van der Waals surface area contributed by atoms with Gasteiger partial charge in [0.2, 0.25) is 5.91 Å². The Labute approximate surface area is 142 Å². The van der Waals surface area contributed by atoms with Gasteiger partial charge in [-0.15, -0.1) is 5.10 Å². The minimum Gasteiger partial charge on any atom is -0.481 e. The summed E-state index contributed by atoms with van der Waals surface area (Å²) < 4.78 is 0. The molecule has 1 rings (SSSR count). The summed E-state index contributed by atoms with van der Waals surface area (Å²) in [5.41, 5.74) is 1.07. The van der Waals surface area contributed by atoms with E-state index in [1.807, 2.05) is 0 Å². The van der Waals surface area contributed by atoms with Crippen LogP contribution in [0.5, 0.6) is 0 Å². The third-order valence-corrected chi connectivity index (χ3v) is 4.63. The molecule has 6 nitrogen and oxygen atoms in total. The van der Waals surface area contributed by atoms with E-state index in [1.54, 1.807) is 0 Å². The highest BCUT2D eigenvalue weighted by Crippen LogP contribution is 2.22. The minimum atomic E-state index is -0.984. The standard InChI is InChI=1S/C16H27N3O3S/c1-3-5-7-9-12(10-8-6-4-2)18-19-16-17-15(22)13(23-16)11-14(20)21/h13H,3-11H2,1-2H3,(H,20,21)(H,17,19,22)/t13-/m0/s1. The number of carbonyl (C=O) groups excluding carboxylic acids is 1. The van der Waals surface area contributed by atoms with E-state index in [-0.39, 0.29) is 12.3 Å². The first-order chi connectivity index (χ1) is 11.1. The van der Waals surface area contributed by atoms with E-state index in [9.17, 15) is 9.59 Å². The lowest BCUT2D eigenvalue weighted by atomic mass is 10.1. The summed E-state index contributed by atoms with van der Waals surface area (Å²) in [7, 11) is 0. The molecule has 7 heteroatoms. The maximum absolute atomic E-state index is 11.7. The minimum absolute atomic E-state index is 0.195.